The summed E-state index contributed by atoms with van der Waals surface area (Å²) >= 11 is 1.72. The maximum Gasteiger partial charge on any atom is 0.230 e. The number of carbonyl (C=O) groups is 2. The predicted molar refractivity (Wildman–Crippen MR) is 63.5 cm³/mol. The van der Waals surface area contributed by atoms with Crippen LogP contribution in [0.2, 0.25) is 0 Å². The van der Waals surface area contributed by atoms with E-state index in [1.54, 1.807) is 11.3 Å². The molecule has 2 amide bonds. The number of hydrogen-bond donors (Lipinski definition) is 1. The van der Waals surface area contributed by atoms with E-state index in [0.29, 0.717) is 6.42 Å². The van der Waals surface area contributed by atoms with Gasteiger partial charge in [0.2, 0.25) is 11.8 Å². The number of aryl methyl sites for hydroxylation is 2. The highest BCUT2D eigenvalue weighted by molar-refractivity contribution is 7.12. The second kappa shape index (κ2) is 4.01. The molecule has 1 N–H and O–H groups in total. The topological polar surface area (TPSA) is 46.2 Å². The molecule has 2 atom stereocenters. The van der Waals surface area contributed by atoms with Crippen molar-refractivity contribution in [3.05, 3.63) is 21.4 Å². The first-order valence-corrected chi connectivity index (χ1v) is 6.21. The maximum absolute atomic E-state index is 11.6. The molecule has 0 spiro atoms. The molecular formula is C12H15NO2S. The van der Waals surface area contributed by atoms with E-state index in [9.17, 15) is 9.59 Å². The summed E-state index contributed by atoms with van der Waals surface area (Å²) in [7, 11) is 0. The minimum atomic E-state index is -0.156. The maximum atomic E-state index is 11.6. The Morgan fingerprint density at radius 1 is 1.38 bits per heavy atom. The third kappa shape index (κ3) is 1.89. The van der Waals surface area contributed by atoms with Crippen LogP contribution >= 0.6 is 11.3 Å². The van der Waals surface area contributed by atoms with Gasteiger partial charge >= 0.3 is 0 Å². The first-order chi connectivity index (χ1) is 7.49. The minimum absolute atomic E-state index is 0.0474. The number of carbonyl (C=O) groups excluding carboxylic acids is 2. The second-order valence-electron chi connectivity index (χ2n) is 4.38. The van der Waals surface area contributed by atoms with Gasteiger partial charge in [-0.25, -0.2) is 0 Å². The van der Waals surface area contributed by atoms with E-state index in [1.165, 1.54) is 15.3 Å². The van der Waals surface area contributed by atoms with Crippen LogP contribution in [0.4, 0.5) is 0 Å². The zero-order chi connectivity index (χ0) is 11.9. The Balaban J connectivity index is 2.35. The zero-order valence-corrected chi connectivity index (χ0v) is 10.5. The molecule has 16 heavy (non-hydrogen) atoms. The van der Waals surface area contributed by atoms with Gasteiger partial charge in [0.25, 0.3) is 0 Å². The molecule has 2 rings (SSSR count). The number of piperidine rings is 1. The summed E-state index contributed by atoms with van der Waals surface area (Å²) in [5.74, 6) is -0.377. The lowest BCUT2D eigenvalue weighted by Gasteiger charge is -2.27. The van der Waals surface area contributed by atoms with E-state index in [4.69, 9.17) is 0 Å². The van der Waals surface area contributed by atoms with Crippen molar-refractivity contribution in [2.45, 2.75) is 33.1 Å². The first kappa shape index (κ1) is 11.3. The lowest BCUT2D eigenvalue weighted by molar-refractivity contribution is -0.136. The Morgan fingerprint density at radius 2 is 2.06 bits per heavy atom. The minimum Gasteiger partial charge on any atom is -0.296 e. The van der Waals surface area contributed by atoms with Crippen molar-refractivity contribution in [2.24, 2.45) is 5.92 Å². The zero-order valence-electron chi connectivity index (χ0n) is 9.66. The van der Waals surface area contributed by atoms with E-state index in [0.717, 1.165) is 0 Å². The van der Waals surface area contributed by atoms with Crippen molar-refractivity contribution in [1.29, 1.82) is 0 Å². The fraction of sp³-hybridized carbons (Fsp3) is 0.500. The summed E-state index contributed by atoms with van der Waals surface area (Å²) in [6.07, 6.45) is 0.421. The molecule has 1 saturated heterocycles. The van der Waals surface area contributed by atoms with Gasteiger partial charge in [0.1, 0.15) is 0 Å². The van der Waals surface area contributed by atoms with Crippen molar-refractivity contribution in [3.8, 4) is 0 Å². The fourth-order valence-electron chi connectivity index (χ4n) is 2.26. The summed E-state index contributed by atoms with van der Waals surface area (Å²) in [6.45, 7) is 5.99. The Morgan fingerprint density at radius 3 is 2.62 bits per heavy atom. The Hall–Kier alpha value is -1.16. The van der Waals surface area contributed by atoms with Crippen molar-refractivity contribution >= 4 is 23.2 Å². The lowest BCUT2D eigenvalue weighted by atomic mass is 9.81. The van der Waals surface area contributed by atoms with Crippen molar-refractivity contribution in [3.63, 3.8) is 0 Å². The van der Waals surface area contributed by atoms with Gasteiger partial charge in [-0.3, -0.25) is 14.9 Å². The molecule has 1 aromatic heterocycles. The molecule has 0 radical (unpaired) electrons. The van der Waals surface area contributed by atoms with E-state index in [1.807, 2.05) is 6.92 Å². The molecular weight excluding hydrogens is 222 g/mol. The smallest absolute Gasteiger partial charge is 0.230 e. The molecule has 4 heteroatoms. The summed E-state index contributed by atoms with van der Waals surface area (Å²) in [6, 6.07) is 2.10. The fourth-order valence-corrected chi connectivity index (χ4v) is 3.26. The second-order valence-corrected chi connectivity index (χ2v) is 5.84. The van der Waals surface area contributed by atoms with E-state index >= 15 is 0 Å². The van der Waals surface area contributed by atoms with Crippen LogP contribution < -0.4 is 5.32 Å². The molecule has 0 aromatic carbocycles. The molecule has 1 aromatic rings. The molecule has 1 fully saturated rings. The number of amides is 2. The molecule has 3 nitrogen and oxygen atoms in total. The Labute approximate surface area is 98.9 Å². The van der Waals surface area contributed by atoms with Crippen LogP contribution in [0, 0.1) is 19.8 Å². The highest BCUT2D eigenvalue weighted by Gasteiger charge is 2.34. The van der Waals surface area contributed by atoms with Crippen molar-refractivity contribution in [1.82, 2.24) is 5.32 Å². The third-order valence-electron chi connectivity index (χ3n) is 3.16. The number of thiophene rings is 1. The van der Waals surface area contributed by atoms with Gasteiger partial charge in [0.05, 0.1) is 0 Å². The lowest BCUT2D eigenvalue weighted by Crippen LogP contribution is -2.43. The van der Waals surface area contributed by atoms with Crippen LogP contribution in [-0.2, 0) is 9.59 Å². The van der Waals surface area contributed by atoms with Gasteiger partial charge in [-0.15, -0.1) is 11.3 Å². The molecule has 0 bridgehead atoms. The predicted octanol–water partition coefficient (Wildman–Crippen LogP) is 2.13. The average Bonchev–Trinajstić information content (AvgIpc) is 2.51. The van der Waals surface area contributed by atoms with E-state index < -0.39 is 0 Å². The van der Waals surface area contributed by atoms with Crippen LogP contribution in [0.1, 0.15) is 34.6 Å². The molecule has 2 heterocycles. The van der Waals surface area contributed by atoms with Crippen LogP contribution in [0.15, 0.2) is 6.07 Å². The molecule has 0 saturated carbocycles. The third-order valence-corrected chi connectivity index (χ3v) is 4.15. The summed E-state index contributed by atoms with van der Waals surface area (Å²) in [4.78, 5) is 25.4. The highest BCUT2D eigenvalue weighted by Crippen LogP contribution is 2.36. The van der Waals surface area contributed by atoms with Gasteiger partial charge in [0, 0.05) is 28.0 Å². The van der Waals surface area contributed by atoms with Crippen LogP contribution in [0.25, 0.3) is 0 Å². The standard InChI is InChI=1S/C12H15NO2S/c1-6-4-10(8(3)16-6)9-5-11(14)13-12(15)7(9)2/h4,7,9H,5H2,1-3H3,(H,13,14,15). The average molecular weight is 237 g/mol. The van der Waals surface area contributed by atoms with Crippen LogP contribution in [-0.4, -0.2) is 11.8 Å². The molecule has 1 aliphatic heterocycles. The summed E-state index contributed by atoms with van der Waals surface area (Å²) < 4.78 is 0. The van der Waals surface area contributed by atoms with Gasteiger partial charge in [-0.05, 0) is 25.5 Å². The Kier molecular flexibility index (Phi) is 2.84. The van der Waals surface area contributed by atoms with Gasteiger partial charge in [-0.1, -0.05) is 6.92 Å². The van der Waals surface area contributed by atoms with Crippen LogP contribution in [0.5, 0.6) is 0 Å². The number of hydrogen-bond acceptors (Lipinski definition) is 3. The molecule has 0 aliphatic carbocycles. The quantitative estimate of drug-likeness (QED) is 0.761. The molecule has 1 aliphatic rings. The Bertz CT molecular complexity index is 450. The number of rotatable bonds is 1. The van der Waals surface area contributed by atoms with Crippen molar-refractivity contribution < 1.29 is 9.59 Å². The van der Waals surface area contributed by atoms with Gasteiger partial charge in [0.15, 0.2) is 0 Å². The summed E-state index contributed by atoms with van der Waals surface area (Å²) in [5.41, 5.74) is 1.16. The van der Waals surface area contributed by atoms with Gasteiger partial charge in [-0.2, -0.15) is 0 Å². The SMILES string of the molecule is Cc1cc(C2CC(=O)NC(=O)C2C)c(C)s1. The van der Waals surface area contributed by atoms with Crippen molar-refractivity contribution in [2.75, 3.05) is 0 Å². The monoisotopic (exact) mass is 237 g/mol. The normalized spacial score (nSPS) is 25.7. The largest absolute Gasteiger partial charge is 0.296 e. The van der Waals surface area contributed by atoms with Gasteiger partial charge < -0.3 is 0 Å². The van der Waals surface area contributed by atoms with Crippen LogP contribution in [0.3, 0.4) is 0 Å². The highest BCUT2D eigenvalue weighted by atomic mass is 32.1. The number of nitrogens with one attached hydrogen (secondary N) is 1. The number of imide groups is 1. The molecule has 86 valence electrons. The molecule has 2 unspecified atom stereocenters. The van der Waals surface area contributed by atoms with E-state index in [2.05, 4.69) is 25.2 Å². The van der Waals surface area contributed by atoms with E-state index in [-0.39, 0.29) is 23.7 Å². The first-order valence-electron chi connectivity index (χ1n) is 5.39. The summed E-state index contributed by atoms with van der Waals surface area (Å²) in [5, 5.41) is 2.38.